The molecule has 0 spiro atoms. The van der Waals surface area contributed by atoms with Gasteiger partial charge in [0.1, 0.15) is 0 Å². The molecule has 0 saturated heterocycles. The number of aliphatic hydroxyl groups is 3. The van der Waals surface area contributed by atoms with Crippen molar-refractivity contribution in [1.29, 1.82) is 0 Å². The van der Waals surface area contributed by atoms with Gasteiger partial charge in [0.2, 0.25) is 0 Å². The number of rotatable bonds is 21. The molecule has 0 rings (SSSR count). The molecule has 0 aromatic heterocycles. The largest absolute Gasteiger partial charge is 0.395 e. The van der Waals surface area contributed by atoms with Crippen LogP contribution in [0.5, 0.6) is 0 Å². The van der Waals surface area contributed by atoms with E-state index >= 15 is 0 Å². The van der Waals surface area contributed by atoms with Gasteiger partial charge in [0, 0.05) is 35.3 Å². The molecule has 11 heteroatoms. The lowest BCUT2D eigenvalue weighted by atomic mass is 9.54. The molecule has 0 radical (unpaired) electrons. The van der Waals surface area contributed by atoms with E-state index in [0.717, 1.165) is 0 Å². The van der Waals surface area contributed by atoms with E-state index in [2.05, 4.69) is 0 Å². The Kier molecular flexibility index (Phi) is 18.7. The normalized spacial score (nSPS) is 16.7. The summed E-state index contributed by atoms with van der Waals surface area (Å²) in [6, 6.07) is 0. The zero-order valence-corrected chi connectivity index (χ0v) is 23.2. The lowest BCUT2D eigenvalue weighted by Gasteiger charge is -2.61. The Morgan fingerprint density at radius 1 is 0.719 bits per heavy atom. The molecule has 0 aliphatic carbocycles. The van der Waals surface area contributed by atoms with Crippen LogP contribution in [0, 0.1) is 5.41 Å². The number of alkyl halides is 6. The maximum atomic E-state index is 11.6. The number of halogens is 6. The first-order chi connectivity index (χ1) is 15.3. The number of ether oxygens (including phenoxy) is 2. The van der Waals surface area contributed by atoms with E-state index in [9.17, 15) is 15.3 Å². The second-order valence-electron chi connectivity index (χ2n) is 7.78. The molecule has 5 nitrogen and oxygen atoms in total. The summed E-state index contributed by atoms with van der Waals surface area (Å²) in [4.78, 5) is 0. The third kappa shape index (κ3) is 8.03. The zero-order chi connectivity index (χ0) is 24.7. The van der Waals surface area contributed by atoms with Gasteiger partial charge in [-0.25, -0.2) is 0 Å². The molecule has 0 saturated carbocycles. The van der Waals surface area contributed by atoms with Crippen molar-refractivity contribution in [3.8, 4) is 0 Å². The molecule has 32 heavy (non-hydrogen) atoms. The Morgan fingerprint density at radius 3 is 1.53 bits per heavy atom. The van der Waals surface area contributed by atoms with E-state index in [1.54, 1.807) is 0 Å². The summed E-state index contributed by atoms with van der Waals surface area (Å²) < 4.78 is 12.7. The summed E-state index contributed by atoms with van der Waals surface area (Å²) in [5.74, 6) is 0.968. The minimum absolute atomic E-state index is 0.0348. The Balaban J connectivity index is 7.14. The van der Waals surface area contributed by atoms with Gasteiger partial charge in [-0.15, -0.1) is 69.6 Å². The Bertz CT molecular complexity index is 464. The van der Waals surface area contributed by atoms with Gasteiger partial charge >= 0.3 is 0 Å². The van der Waals surface area contributed by atoms with Gasteiger partial charge in [0.25, 0.3) is 0 Å². The van der Waals surface area contributed by atoms with E-state index in [1.165, 1.54) is 0 Å². The Hall–Kier alpha value is 1.54. The Labute approximate surface area is 222 Å². The predicted molar refractivity (Wildman–Crippen MR) is 137 cm³/mol. The highest BCUT2D eigenvalue weighted by Crippen LogP contribution is 2.56. The third-order valence-corrected chi connectivity index (χ3v) is 7.43. The van der Waals surface area contributed by atoms with Crippen molar-refractivity contribution in [3.05, 3.63) is 0 Å². The van der Waals surface area contributed by atoms with Gasteiger partial charge in [-0.2, -0.15) is 0 Å². The second-order valence-corrected chi connectivity index (χ2v) is 10.0. The summed E-state index contributed by atoms with van der Waals surface area (Å²) in [6.07, 6.45) is -0.343. The van der Waals surface area contributed by atoms with Gasteiger partial charge in [-0.1, -0.05) is 6.92 Å². The van der Waals surface area contributed by atoms with E-state index in [0.29, 0.717) is 6.42 Å². The molecular weight excluding hydrogens is 545 g/mol. The first-order valence-corrected chi connectivity index (χ1v) is 14.1. The highest BCUT2D eigenvalue weighted by molar-refractivity contribution is 6.19. The lowest BCUT2D eigenvalue weighted by molar-refractivity contribution is -0.290. The minimum atomic E-state index is -1.46. The van der Waals surface area contributed by atoms with Crippen molar-refractivity contribution < 1.29 is 24.8 Å². The Morgan fingerprint density at radius 2 is 1.19 bits per heavy atom. The van der Waals surface area contributed by atoms with E-state index in [1.807, 2.05) is 6.92 Å². The van der Waals surface area contributed by atoms with Gasteiger partial charge in [0.15, 0.2) is 0 Å². The average Bonchev–Trinajstić information content (AvgIpc) is 2.77. The SMILES string of the molecule is CCC(O)COC(CCCl)(CCCl)C(CO)(C(O)CCCl)C(CCCl)(CCCl)OCCCl. The van der Waals surface area contributed by atoms with E-state index in [4.69, 9.17) is 79.1 Å². The summed E-state index contributed by atoms with van der Waals surface area (Å²) in [6.45, 7) is 1.40. The maximum Gasteiger partial charge on any atom is 0.0837 e. The van der Waals surface area contributed by atoms with Crippen molar-refractivity contribution in [3.63, 3.8) is 0 Å². The van der Waals surface area contributed by atoms with Crippen LogP contribution in [0.1, 0.15) is 45.4 Å². The van der Waals surface area contributed by atoms with Crippen LogP contribution < -0.4 is 0 Å². The number of aliphatic hydroxyl groups excluding tert-OH is 3. The van der Waals surface area contributed by atoms with Crippen molar-refractivity contribution in [2.24, 2.45) is 5.41 Å². The van der Waals surface area contributed by atoms with Gasteiger partial charge in [-0.3, -0.25) is 0 Å². The molecule has 0 amide bonds. The zero-order valence-electron chi connectivity index (χ0n) is 18.7. The maximum absolute atomic E-state index is 11.6. The third-order valence-electron chi connectivity index (χ3n) is 6.30. The van der Waals surface area contributed by atoms with Gasteiger partial charge in [0.05, 0.1) is 48.6 Å². The van der Waals surface area contributed by atoms with Crippen molar-refractivity contribution >= 4 is 69.6 Å². The van der Waals surface area contributed by atoms with Gasteiger partial charge < -0.3 is 24.8 Å². The number of hydrogen-bond acceptors (Lipinski definition) is 5. The van der Waals surface area contributed by atoms with Crippen LogP contribution in [0.15, 0.2) is 0 Å². The van der Waals surface area contributed by atoms with Crippen LogP contribution in [0.3, 0.4) is 0 Å². The van der Waals surface area contributed by atoms with Crippen LogP contribution in [0.2, 0.25) is 0 Å². The molecule has 0 aliphatic rings. The van der Waals surface area contributed by atoms with Gasteiger partial charge in [-0.05, 0) is 38.5 Å². The molecular formula is C21H38Cl6O5. The molecule has 3 N–H and O–H groups in total. The van der Waals surface area contributed by atoms with Crippen LogP contribution in [0.4, 0.5) is 0 Å². The molecule has 0 aromatic rings. The quantitative estimate of drug-likeness (QED) is 0.166. The van der Waals surface area contributed by atoms with Crippen LogP contribution in [-0.4, -0.2) is 93.8 Å². The molecule has 0 aromatic carbocycles. The van der Waals surface area contributed by atoms with Crippen LogP contribution >= 0.6 is 69.6 Å². The second kappa shape index (κ2) is 17.9. The molecule has 194 valence electrons. The fraction of sp³-hybridized carbons (Fsp3) is 1.00. The predicted octanol–water partition coefficient (Wildman–Crippen LogP) is 4.99. The molecule has 0 bridgehead atoms. The van der Waals surface area contributed by atoms with Crippen molar-refractivity contribution in [1.82, 2.24) is 0 Å². The standard InChI is InChI=1S/C21H38Cl6O5/c1-2-17(29)15-32-20(6-11-25,7-12-26)21(16-28,18(30)3-8-22)19(4-9-23,5-10-24)31-14-13-27/h17-18,28-30H,2-16H2,1H3. The first-order valence-electron chi connectivity index (χ1n) is 10.9. The monoisotopic (exact) mass is 580 g/mol. The smallest absolute Gasteiger partial charge is 0.0837 e. The molecule has 0 fully saturated rings. The summed E-state index contributed by atoms with van der Waals surface area (Å²) in [5, 5.41) is 32.9. The van der Waals surface area contributed by atoms with Crippen LogP contribution in [0.25, 0.3) is 0 Å². The average molecular weight is 583 g/mol. The summed E-state index contributed by atoms with van der Waals surface area (Å²) >= 11 is 36.9. The molecule has 3 unspecified atom stereocenters. The van der Waals surface area contributed by atoms with Crippen molar-refractivity contribution in [2.75, 3.05) is 55.1 Å². The highest BCUT2D eigenvalue weighted by atomic mass is 35.5. The minimum Gasteiger partial charge on any atom is -0.395 e. The molecule has 3 atom stereocenters. The van der Waals surface area contributed by atoms with E-state index in [-0.39, 0.29) is 80.6 Å². The first kappa shape index (κ1) is 33.5. The molecule has 0 heterocycles. The van der Waals surface area contributed by atoms with Crippen molar-refractivity contribution in [2.45, 2.75) is 68.9 Å². The summed E-state index contributed by atoms with van der Waals surface area (Å²) in [5.41, 5.74) is -3.94. The highest BCUT2D eigenvalue weighted by Gasteiger charge is 2.66. The number of hydrogen-bond donors (Lipinski definition) is 3. The van der Waals surface area contributed by atoms with Crippen LogP contribution in [-0.2, 0) is 9.47 Å². The summed E-state index contributed by atoms with van der Waals surface area (Å²) in [7, 11) is 0. The fourth-order valence-corrected chi connectivity index (χ4v) is 6.18. The lowest BCUT2D eigenvalue weighted by Crippen LogP contribution is -2.71. The van der Waals surface area contributed by atoms with E-state index < -0.39 is 35.4 Å². The fourth-order valence-electron chi connectivity index (χ4n) is 4.67. The molecule has 0 aliphatic heterocycles. The topological polar surface area (TPSA) is 79.2 Å².